The van der Waals surface area contributed by atoms with Crippen molar-refractivity contribution in [1.82, 2.24) is 15.2 Å². The van der Waals surface area contributed by atoms with Gasteiger partial charge in [0.1, 0.15) is 5.82 Å². The van der Waals surface area contributed by atoms with Gasteiger partial charge < -0.3 is 20.3 Å². The maximum atomic E-state index is 13.4. The van der Waals surface area contributed by atoms with Crippen LogP contribution in [0.15, 0.2) is 29.4 Å². The standard InChI is InChI=1S/C17H23FN4O/c1-2-19-17(22-8-6-14(23)11-22)20-7-5-12-10-21-16-4-3-13(18)9-15(12)16/h3-4,9-10,14,21,23H,2,5-8,11H2,1H3,(H,19,20)/t14-/m1/s1. The predicted octanol–water partition coefficient (Wildman–Crippen LogP) is 1.88. The van der Waals surface area contributed by atoms with Crippen molar-refractivity contribution in [1.29, 1.82) is 0 Å². The number of benzene rings is 1. The first-order valence-electron chi connectivity index (χ1n) is 8.14. The summed E-state index contributed by atoms with van der Waals surface area (Å²) in [4.78, 5) is 9.90. The average molecular weight is 318 g/mol. The van der Waals surface area contributed by atoms with Crippen LogP contribution in [0.4, 0.5) is 4.39 Å². The fourth-order valence-corrected chi connectivity index (χ4v) is 3.00. The summed E-state index contributed by atoms with van der Waals surface area (Å²) in [5.74, 6) is 0.622. The number of nitrogens with one attached hydrogen (secondary N) is 2. The number of rotatable bonds is 4. The molecule has 1 aromatic carbocycles. The Bertz CT molecular complexity index is 697. The van der Waals surface area contributed by atoms with Gasteiger partial charge in [-0.2, -0.15) is 0 Å². The molecule has 23 heavy (non-hydrogen) atoms. The SMILES string of the molecule is CCNC(=NCCc1c[nH]c2ccc(F)cc12)N1CC[C@@H](O)C1. The highest BCUT2D eigenvalue weighted by Gasteiger charge is 2.22. The van der Waals surface area contributed by atoms with E-state index < -0.39 is 0 Å². The van der Waals surface area contributed by atoms with E-state index in [2.05, 4.69) is 20.2 Å². The zero-order valence-corrected chi connectivity index (χ0v) is 13.3. The number of fused-ring (bicyclic) bond motifs is 1. The van der Waals surface area contributed by atoms with Crippen molar-refractivity contribution in [3.05, 3.63) is 35.8 Å². The van der Waals surface area contributed by atoms with Gasteiger partial charge in [-0.25, -0.2) is 4.39 Å². The van der Waals surface area contributed by atoms with Crippen molar-refractivity contribution in [2.24, 2.45) is 4.99 Å². The van der Waals surface area contributed by atoms with Crippen LogP contribution in [0.1, 0.15) is 18.9 Å². The van der Waals surface area contributed by atoms with Crippen LogP contribution in [0, 0.1) is 5.82 Å². The molecule has 1 aliphatic rings. The van der Waals surface area contributed by atoms with Crippen molar-refractivity contribution in [3.8, 4) is 0 Å². The maximum Gasteiger partial charge on any atom is 0.194 e. The molecule has 0 amide bonds. The molecule has 3 rings (SSSR count). The molecule has 5 nitrogen and oxygen atoms in total. The quantitative estimate of drug-likeness (QED) is 0.596. The van der Waals surface area contributed by atoms with Gasteiger partial charge in [0.25, 0.3) is 0 Å². The molecular weight excluding hydrogens is 295 g/mol. The number of H-pyrrole nitrogens is 1. The number of aromatic nitrogens is 1. The van der Waals surface area contributed by atoms with Crippen LogP contribution in [0.3, 0.4) is 0 Å². The summed E-state index contributed by atoms with van der Waals surface area (Å²) in [7, 11) is 0. The van der Waals surface area contributed by atoms with Crippen LogP contribution in [-0.4, -0.2) is 53.2 Å². The molecule has 0 aliphatic carbocycles. The molecule has 1 atom stereocenters. The Hall–Kier alpha value is -2.08. The van der Waals surface area contributed by atoms with E-state index in [9.17, 15) is 9.50 Å². The summed E-state index contributed by atoms with van der Waals surface area (Å²) in [6.45, 7) is 4.90. The largest absolute Gasteiger partial charge is 0.391 e. The number of nitrogens with zero attached hydrogens (tertiary/aromatic N) is 2. The minimum absolute atomic E-state index is 0.221. The number of hydrogen-bond donors (Lipinski definition) is 3. The van der Waals surface area contributed by atoms with Gasteiger partial charge in [-0.15, -0.1) is 0 Å². The topological polar surface area (TPSA) is 63.7 Å². The number of hydrogen-bond acceptors (Lipinski definition) is 2. The van der Waals surface area contributed by atoms with Gasteiger partial charge in [-0.1, -0.05) is 0 Å². The number of aliphatic imine (C=N–C) groups is 1. The van der Waals surface area contributed by atoms with Gasteiger partial charge in [-0.05, 0) is 43.5 Å². The summed E-state index contributed by atoms with van der Waals surface area (Å²) >= 11 is 0. The van der Waals surface area contributed by atoms with Crippen LogP contribution >= 0.6 is 0 Å². The van der Waals surface area contributed by atoms with Crippen molar-refractivity contribution >= 4 is 16.9 Å². The Morgan fingerprint density at radius 2 is 2.39 bits per heavy atom. The summed E-state index contributed by atoms with van der Waals surface area (Å²) < 4.78 is 13.4. The molecule has 0 bridgehead atoms. The molecule has 2 heterocycles. The second kappa shape index (κ2) is 7.00. The van der Waals surface area contributed by atoms with Crippen LogP contribution in [0.5, 0.6) is 0 Å². The highest BCUT2D eigenvalue weighted by molar-refractivity contribution is 5.83. The lowest BCUT2D eigenvalue weighted by atomic mass is 10.1. The average Bonchev–Trinajstić information content (AvgIpc) is 3.13. The van der Waals surface area contributed by atoms with Crippen LogP contribution in [0.25, 0.3) is 10.9 Å². The molecule has 2 aromatic rings. The Labute approximate surface area is 135 Å². The minimum atomic E-state index is -0.268. The molecule has 0 unspecified atom stereocenters. The highest BCUT2D eigenvalue weighted by atomic mass is 19.1. The Balaban J connectivity index is 1.68. The Morgan fingerprint density at radius 1 is 1.52 bits per heavy atom. The maximum absolute atomic E-state index is 13.4. The van der Waals surface area contributed by atoms with Gasteiger partial charge in [0.15, 0.2) is 5.96 Å². The van der Waals surface area contributed by atoms with E-state index in [4.69, 9.17) is 0 Å². The number of likely N-dealkylation sites (tertiary alicyclic amines) is 1. The second-order valence-corrected chi connectivity index (χ2v) is 5.88. The Kier molecular flexibility index (Phi) is 4.81. The van der Waals surface area contributed by atoms with E-state index in [1.807, 2.05) is 13.1 Å². The molecule has 1 aromatic heterocycles. The number of aliphatic hydroxyl groups excluding tert-OH is 1. The van der Waals surface area contributed by atoms with Crippen LogP contribution in [-0.2, 0) is 6.42 Å². The monoisotopic (exact) mass is 318 g/mol. The predicted molar refractivity (Wildman–Crippen MR) is 90.1 cm³/mol. The number of aliphatic hydroxyl groups is 1. The molecule has 0 saturated carbocycles. The minimum Gasteiger partial charge on any atom is -0.391 e. The van der Waals surface area contributed by atoms with Gasteiger partial charge in [-0.3, -0.25) is 4.99 Å². The van der Waals surface area contributed by atoms with Crippen LogP contribution < -0.4 is 5.32 Å². The fourth-order valence-electron chi connectivity index (χ4n) is 3.00. The highest BCUT2D eigenvalue weighted by Crippen LogP contribution is 2.20. The third kappa shape index (κ3) is 3.64. The van der Waals surface area contributed by atoms with Gasteiger partial charge in [0.2, 0.25) is 0 Å². The molecule has 1 saturated heterocycles. The number of halogens is 1. The molecule has 1 aliphatic heterocycles. The first kappa shape index (κ1) is 15.8. The summed E-state index contributed by atoms with van der Waals surface area (Å²) in [6, 6.07) is 4.78. The normalized spacial score (nSPS) is 18.8. The van der Waals surface area contributed by atoms with Crippen molar-refractivity contribution in [2.75, 3.05) is 26.2 Å². The lowest BCUT2D eigenvalue weighted by Crippen LogP contribution is -2.40. The molecule has 0 radical (unpaired) electrons. The lowest BCUT2D eigenvalue weighted by molar-refractivity contribution is 0.188. The van der Waals surface area contributed by atoms with Crippen LogP contribution in [0.2, 0.25) is 0 Å². The molecule has 1 fully saturated rings. The summed E-state index contributed by atoms with van der Waals surface area (Å²) in [5.41, 5.74) is 2.01. The fraction of sp³-hybridized carbons (Fsp3) is 0.471. The number of aromatic amines is 1. The third-order valence-electron chi connectivity index (χ3n) is 4.17. The second-order valence-electron chi connectivity index (χ2n) is 5.88. The van der Waals surface area contributed by atoms with Crippen molar-refractivity contribution in [2.45, 2.75) is 25.9 Å². The van der Waals surface area contributed by atoms with Gasteiger partial charge in [0.05, 0.1) is 6.10 Å². The number of β-amino-alcohol motifs (C(OH)–C–C–N with tert-alkyl or cyclic N) is 1. The van der Waals surface area contributed by atoms with Gasteiger partial charge >= 0.3 is 0 Å². The molecule has 124 valence electrons. The smallest absolute Gasteiger partial charge is 0.194 e. The number of guanidine groups is 1. The molecule has 0 spiro atoms. The summed E-state index contributed by atoms with van der Waals surface area (Å²) in [5, 5.41) is 13.9. The van der Waals surface area contributed by atoms with E-state index in [0.29, 0.717) is 13.1 Å². The Morgan fingerprint density at radius 3 is 3.13 bits per heavy atom. The zero-order chi connectivity index (χ0) is 16.2. The summed E-state index contributed by atoms with van der Waals surface area (Å²) in [6.07, 6.45) is 3.18. The van der Waals surface area contributed by atoms with E-state index in [0.717, 1.165) is 48.4 Å². The molecule has 3 N–H and O–H groups in total. The van der Waals surface area contributed by atoms with E-state index in [1.165, 1.54) is 6.07 Å². The third-order valence-corrected chi connectivity index (χ3v) is 4.17. The van der Waals surface area contributed by atoms with E-state index >= 15 is 0 Å². The zero-order valence-electron chi connectivity index (χ0n) is 13.3. The first-order chi connectivity index (χ1) is 11.2. The van der Waals surface area contributed by atoms with Crippen molar-refractivity contribution in [3.63, 3.8) is 0 Å². The van der Waals surface area contributed by atoms with Gasteiger partial charge in [0, 0.05) is 43.3 Å². The van der Waals surface area contributed by atoms with E-state index in [1.54, 1.807) is 12.1 Å². The van der Waals surface area contributed by atoms with Crippen molar-refractivity contribution < 1.29 is 9.50 Å². The first-order valence-corrected chi connectivity index (χ1v) is 8.14. The molecule has 6 heteroatoms. The van der Waals surface area contributed by atoms with E-state index in [-0.39, 0.29) is 11.9 Å². The molecular formula is C17H23FN4O. The lowest BCUT2D eigenvalue weighted by Gasteiger charge is -2.20.